The smallest absolute Gasteiger partial charge is 0.231 e. The fraction of sp³-hybridized carbons (Fsp3) is 0.789. The van der Waals surface area contributed by atoms with Crippen LogP contribution in [0.25, 0.3) is 0 Å². The Bertz CT molecular complexity index is 642. The molecule has 0 unspecified atom stereocenters. The molecule has 1 N–H and O–H groups in total. The maximum absolute atomic E-state index is 12.2. The van der Waals surface area contributed by atoms with Crippen molar-refractivity contribution >= 4 is 53.9 Å². The summed E-state index contributed by atoms with van der Waals surface area (Å²) in [5.74, 6) is 0.685. The lowest BCUT2D eigenvalue weighted by atomic mass is 9.96. The molecule has 0 saturated heterocycles. The topological polar surface area (TPSA) is 51.2 Å². The van der Waals surface area contributed by atoms with Crippen LogP contribution in [0.3, 0.4) is 0 Å². The van der Waals surface area contributed by atoms with Crippen LogP contribution in [0.1, 0.15) is 59.4 Å². The minimum atomic E-state index is -2.12. The highest BCUT2D eigenvalue weighted by atomic mass is 35.5. The van der Waals surface area contributed by atoms with Gasteiger partial charge in [0.05, 0.1) is 16.4 Å². The van der Waals surface area contributed by atoms with Crippen LogP contribution in [0.4, 0.5) is 5.13 Å². The molecule has 0 radical (unpaired) electrons. The van der Waals surface area contributed by atoms with Crippen LogP contribution in [0.5, 0.6) is 0 Å². The number of hydrogen-bond donors (Lipinski definition) is 1. The van der Waals surface area contributed by atoms with Gasteiger partial charge in [0.25, 0.3) is 0 Å². The SMILES string of the molecule is CC(C)C(C)(C)[Si](C)(C)O[C@@H](c1cnc(NC(=O)C(C)(C)C)s1)[C@@H](Cl)CCl. The molecule has 156 valence electrons. The Labute approximate surface area is 179 Å². The lowest BCUT2D eigenvalue weighted by Crippen LogP contribution is -2.47. The molecule has 1 rings (SSSR count). The van der Waals surface area contributed by atoms with E-state index in [1.54, 1.807) is 6.20 Å². The van der Waals surface area contributed by atoms with Gasteiger partial charge >= 0.3 is 0 Å². The largest absolute Gasteiger partial charge is 0.407 e. The number of nitrogens with one attached hydrogen (secondary N) is 1. The van der Waals surface area contributed by atoms with Gasteiger partial charge in [-0.2, -0.15) is 0 Å². The van der Waals surface area contributed by atoms with E-state index in [0.717, 1.165) is 4.88 Å². The van der Waals surface area contributed by atoms with Gasteiger partial charge in [-0.05, 0) is 24.1 Å². The van der Waals surface area contributed by atoms with Crippen molar-refractivity contribution in [2.45, 2.75) is 78.1 Å². The predicted octanol–water partition coefficient (Wildman–Crippen LogP) is 6.67. The van der Waals surface area contributed by atoms with Gasteiger partial charge in [0.1, 0.15) is 0 Å². The summed E-state index contributed by atoms with van der Waals surface area (Å²) in [5.41, 5.74) is -0.483. The van der Waals surface area contributed by atoms with Crippen molar-refractivity contribution in [1.82, 2.24) is 4.98 Å². The summed E-state index contributed by atoms with van der Waals surface area (Å²) in [6.45, 7) is 19.0. The summed E-state index contributed by atoms with van der Waals surface area (Å²) < 4.78 is 6.67. The Morgan fingerprint density at radius 3 is 2.30 bits per heavy atom. The van der Waals surface area contributed by atoms with Crippen LogP contribution < -0.4 is 5.32 Å². The molecule has 0 saturated carbocycles. The Morgan fingerprint density at radius 2 is 1.85 bits per heavy atom. The fourth-order valence-electron chi connectivity index (χ4n) is 2.32. The second-order valence-electron chi connectivity index (χ2n) is 9.37. The Morgan fingerprint density at radius 1 is 1.30 bits per heavy atom. The van der Waals surface area contributed by atoms with Gasteiger partial charge in [-0.25, -0.2) is 4.98 Å². The number of hydrogen-bond acceptors (Lipinski definition) is 4. The normalized spacial score (nSPS) is 15.7. The number of alkyl halides is 2. The summed E-state index contributed by atoms with van der Waals surface area (Å²) in [5, 5.41) is 3.12. The van der Waals surface area contributed by atoms with Crippen molar-refractivity contribution in [3.8, 4) is 0 Å². The third kappa shape index (κ3) is 6.17. The Kier molecular flexibility index (Phi) is 8.41. The van der Waals surface area contributed by atoms with Crippen LogP contribution in [-0.4, -0.2) is 30.5 Å². The van der Waals surface area contributed by atoms with Crippen molar-refractivity contribution in [1.29, 1.82) is 0 Å². The first-order valence-corrected chi connectivity index (χ1v) is 14.0. The highest BCUT2D eigenvalue weighted by molar-refractivity contribution is 7.15. The molecular formula is C19H34Cl2N2O2SSi. The Balaban J connectivity index is 3.11. The zero-order valence-corrected chi connectivity index (χ0v) is 21.3. The van der Waals surface area contributed by atoms with Crippen molar-refractivity contribution in [3.63, 3.8) is 0 Å². The molecular weight excluding hydrogens is 419 g/mol. The number of nitrogens with zero attached hydrogens (tertiary/aromatic N) is 1. The van der Waals surface area contributed by atoms with E-state index in [1.165, 1.54) is 11.3 Å². The van der Waals surface area contributed by atoms with Crippen molar-refractivity contribution in [3.05, 3.63) is 11.1 Å². The standard InChI is InChI=1S/C19H34Cl2N2O2SSi/c1-12(2)19(6,7)27(8,9)25-15(13(21)10-20)14-11-22-17(26-14)23-16(24)18(3,4)5/h11-13,15H,10H2,1-9H3,(H,22,23,24)/t13-,15+/m0/s1. The molecule has 0 aliphatic carbocycles. The van der Waals surface area contributed by atoms with Crippen molar-refractivity contribution < 1.29 is 9.22 Å². The average molecular weight is 454 g/mol. The molecule has 27 heavy (non-hydrogen) atoms. The average Bonchev–Trinajstić information content (AvgIpc) is 2.98. The number of anilines is 1. The van der Waals surface area contributed by atoms with Gasteiger partial charge in [0.15, 0.2) is 13.4 Å². The third-order valence-corrected chi connectivity index (χ3v) is 12.0. The van der Waals surface area contributed by atoms with Crippen LogP contribution in [0, 0.1) is 11.3 Å². The number of amides is 1. The van der Waals surface area contributed by atoms with E-state index >= 15 is 0 Å². The number of thiazole rings is 1. The zero-order valence-electron chi connectivity index (χ0n) is 17.9. The molecule has 0 fully saturated rings. The second kappa shape index (κ2) is 9.12. The molecule has 1 amide bonds. The number of halogens is 2. The number of aromatic nitrogens is 1. The number of rotatable bonds is 8. The molecule has 2 atom stereocenters. The van der Waals surface area contributed by atoms with E-state index in [9.17, 15) is 4.79 Å². The summed E-state index contributed by atoms with van der Waals surface area (Å²) in [4.78, 5) is 17.5. The van der Waals surface area contributed by atoms with E-state index < -0.39 is 13.7 Å². The molecule has 0 aromatic carbocycles. The molecule has 8 heteroatoms. The summed E-state index contributed by atoms with van der Waals surface area (Å²) in [7, 11) is -2.12. The van der Waals surface area contributed by atoms with Gasteiger partial charge in [-0.3, -0.25) is 4.79 Å². The monoisotopic (exact) mass is 452 g/mol. The zero-order chi connectivity index (χ0) is 21.2. The molecule has 1 heterocycles. The van der Waals surface area contributed by atoms with Gasteiger partial charge in [0, 0.05) is 17.5 Å². The minimum Gasteiger partial charge on any atom is -0.407 e. The molecule has 1 aromatic rings. The maximum atomic E-state index is 12.2. The first-order valence-electron chi connectivity index (χ1n) is 9.28. The van der Waals surface area contributed by atoms with E-state index in [2.05, 4.69) is 51.1 Å². The van der Waals surface area contributed by atoms with Gasteiger partial charge in [-0.15, -0.1) is 23.2 Å². The lowest BCUT2D eigenvalue weighted by Gasteiger charge is -2.44. The van der Waals surface area contributed by atoms with E-state index in [-0.39, 0.29) is 28.3 Å². The maximum Gasteiger partial charge on any atom is 0.231 e. The van der Waals surface area contributed by atoms with E-state index in [0.29, 0.717) is 11.0 Å². The second-order valence-corrected chi connectivity index (χ2v) is 15.8. The van der Waals surface area contributed by atoms with Gasteiger partial charge in [-0.1, -0.05) is 59.8 Å². The quantitative estimate of drug-likeness (QED) is 0.353. The van der Waals surface area contributed by atoms with Crippen molar-refractivity contribution in [2.75, 3.05) is 11.2 Å². The van der Waals surface area contributed by atoms with Crippen LogP contribution in [0.15, 0.2) is 6.20 Å². The highest BCUT2D eigenvalue weighted by Crippen LogP contribution is 2.48. The number of carbonyl (C=O) groups is 1. The van der Waals surface area contributed by atoms with Crippen LogP contribution in [0.2, 0.25) is 18.1 Å². The lowest BCUT2D eigenvalue weighted by molar-refractivity contribution is -0.123. The van der Waals surface area contributed by atoms with Gasteiger partial charge < -0.3 is 9.74 Å². The predicted molar refractivity (Wildman–Crippen MR) is 121 cm³/mol. The summed E-state index contributed by atoms with van der Waals surface area (Å²) >= 11 is 14.0. The first kappa shape index (κ1) is 24.9. The number of carbonyl (C=O) groups excluding carboxylic acids is 1. The first-order chi connectivity index (χ1) is 12.1. The molecule has 0 aliphatic heterocycles. The summed E-state index contributed by atoms with van der Waals surface area (Å²) in [6, 6.07) is 0. The van der Waals surface area contributed by atoms with Crippen LogP contribution in [-0.2, 0) is 9.22 Å². The third-order valence-electron chi connectivity index (χ3n) is 5.60. The van der Waals surface area contributed by atoms with Crippen molar-refractivity contribution in [2.24, 2.45) is 11.3 Å². The summed E-state index contributed by atoms with van der Waals surface area (Å²) in [6.07, 6.45) is 1.39. The molecule has 0 spiro atoms. The molecule has 4 nitrogen and oxygen atoms in total. The Hall–Kier alpha value is -0.143. The highest BCUT2D eigenvalue weighted by Gasteiger charge is 2.46. The van der Waals surface area contributed by atoms with E-state index in [4.69, 9.17) is 27.6 Å². The van der Waals surface area contributed by atoms with E-state index in [1.807, 2.05) is 20.8 Å². The molecule has 0 aliphatic rings. The minimum absolute atomic E-state index is 0.0577. The van der Waals surface area contributed by atoms with Crippen LogP contribution >= 0.6 is 34.5 Å². The van der Waals surface area contributed by atoms with Gasteiger partial charge in [0.2, 0.25) is 5.91 Å². The molecule has 1 aromatic heterocycles. The fourth-order valence-corrected chi connectivity index (χ4v) is 6.44. The molecule has 0 bridgehead atoms.